The minimum Gasteiger partial charge on any atom is -0.346 e. The van der Waals surface area contributed by atoms with E-state index in [1.807, 2.05) is 12.4 Å². The Kier molecular flexibility index (Phi) is 4.68. The van der Waals surface area contributed by atoms with Crippen molar-refractivity contribution >= 4 is 27.9 Å². The summed E-state index contributed by atoms with van der Waals surface area (Å²) in [6, 6.07) is 4.70. The standard InChI is InChI=1S/C21H25N7O/c22-9-7-13-1-5-15(6-2-13)28-18(12-29-27-20(23)14-3-4-14)26-17-11-25-21-16(19(17)28)8-10-24-21/h8,10-11,13-15H,1-7,12H2,(H2,23,27)(H,24,25). The predicted molar refractivity (Wildman–Crippen MR) is 109 cm³/mol. The highest BCUT2D eigenvalue weighted by Crippen LogP contribution is 2.38. The summed E-state index contributed by atoms with van der Waals surface area (Å²) >= 11 is 0. The number of amidine groups is 1. The van der Waals surface area contributed by atoms with E-state index in [1.54, 1.807) is 0 Å². The number of pyridine rings is 1. The summed E-state index contributed by atoms with van der Waals surface area (Å²) in [6.45, 7) is 0.299. The second-order valence-electron chi connectivity index (χ2n) is 8.25. The fourth-order valence-corrected chi connectivity index (χ4v) is 4.51. The van der Waals surface area contributed by atoms with E-state index < -0.39 is 0 Å². The fraction of sp³-hybridized carbons (Fsp3) is 0.524. The molecule has 5 rings (SSSR count). The van der Waals surface area contributed by atoms with Crippen molar-refractivity contribution in [2.75, 3.05) is 0 Å². The first-order chi connectivity index (χ1) is 14.2. The molecule has 2 fully saturated rings. The average Bonchev–Trinajstić information content (AvgIpc) is 3.36. The number of hydrogen-bond acceptors (Lipinski definition) is 5. The molecular formula is C21H25N7O. The Labute approximate surface area is 168 Å². The van der Waals surface area contributed by atoms with Crippen LogP contribution >= 0.6 is 0 Å². The van der Waals surface area contributed by atoms with Gasteiger partial charge >= 0.3 is 0 Å². The highest BCUT2D eigenvalue weighted by molar-refractivity contribution is 6.01. The number of hydrogen-bond donors (Lipinski definition) is 3. The van der Waals surface area contributed by atoms with Crippen LogP contribution in [0.15, 0.2) is 18.5 Å². The van der Waals surface area contributed by atoms with Crippen molar-refractivity contribution in [1.82, 2.24) is 25.0 Å². The molecule has 0 aromatic carbocycles. The minimum atomic E-state index is 0.299. The number of fused-ring (bicyclic) bond motifs is 3. The summed E-state index contributed by atoms with van der Waals surface area (Å²) in [5, 5.41) is 18.1. The Bertz CT molecular complexity index is 1080. The van der Waals surface area contributed by atoms with Gasteiger partial charge in [0.25, 0.3) is 0 Å². The topological polar surface area (TPSA) is 115 Å². The van der Waals surface area contributed by atoms with E-state index in [1.165, 1.54) is 0 Å². The molecule has 0 unspecified atom stereocenters. The van der Waals surface area contributed by atoms with Crippen molar-refractivity contribution in [1.29, 1.82) is 10.7 Å². The zero-order chi connectivity index (χ0) is 19.8. The second kappa shape index (κ2) is 7.48. The summed E-state index contributed by atoms with van der Waals surface area (Å²) in [5.41, 5.74) is 5.62. The molecule has 2 aliphatic carbocycles. The van der Waals surface area contributed by atoms with Crippen molar-refractivity contribution in [3.63, 3.8) is 0 Å². The zero-order valence-corrected chi connectivity index (χ0v) is 16.3. The van der Waals surface area contributed by atoms with Gasteiger partial charge in [0, 0.05) is 30.0 Å². The minimum absolute atomic E-state index is 0.299. The summed E-state index contributed by atoms with van der Waals surface area (Å²) in [6.07, 6.45) is 10.7. The summed E-state index contributed by atoms with van der Waals surface area (Å²) in [5.74, 6) is 2.14. The number of aromatic nitrogens is 4. The van der Waals surface area contributed by atoms with Gasteiger partial charge in [0.15, 0.2) is 0 Å². The average molecular weight is 391 g/mol. The summed E-state index contributed by atoms with van der Waals surface area (Å²) < 4.78 is 2.32. The first-order valence-corrected chi connectivity index (χ1v) is 10.4. The number of imidazole rings is 1. The highest BCUT2D eigenvalue weighted by atomic mass is 16.6. The number of hydroxylamine groups is 1. The zero-order valence-electron chi connectivity index (χ0n) is 16.3. The molecule has 8 nitrogen and oxygen atoms in total. The SMILES string of the molecule is N#CCC1CCC(n2c(CONC(=N)C3CC3)nc3cnc4[nH]ccc4c32)CC1. The summed E-state index contributed by atoms with van der Waals surface area (Å²) in [4.78, 5) is 18.2. The molecule has 3 heterocycles. The smallest absolute Gasteiger partial charge is 0.139 e. The van der Waals surface area contributed by atoms with Gasteiger partial charge in [0.2, 0.25) is 0 Å². The van der Waals surface area contributed by atoms with Crippen molar-refractivity contribution in [3.8, 4) is 6.07 Å². The molecule has 8 heteroatoms. The lowest BCUT2D eigenvalue weighted by atomic mass is 9.84. The molecule has 0 saturated heterocycles. The van der Waals surface area contributed by atoms with Crippen LogP contribution in [0, 0.1) is 28.6 Å². The van der Waals surface area contributed by atoms with Gasteiger partial charge in [-0.15, -0.1) is 0 Å². The number of nitriles is 1. The van der Waals surface area contributed by atoms with E-state index in [4.69, 9.17) is 20.5 Å². The maximum Gasteiger partial charge on any atom is 0.139 e. The maximum atomic E-state index is 9.02. The van der Waals surface area contributed by atoms with Crippen LogP contribution in [0.5, 0.6) is 0 Å². The van der Waals surface area contributed by atoms with Gasteiger partial charge in [-0.1, -0.05) is 0 Å². The first-order valence-electron chi connectivity index (χ1n) is 10.4. The van der Waals surface area contributed by atoms with E-state index in [2.05, 4.69) is 32.2 Å². The van der Waals surface area contributed by atoms with Gasteiger partial charge in [-0.3, -0.25) is 15.7 Å². The third kappa shape index (κ3) is 3.47. The van der Waals surface area contributed by atoms with Crippen molar-refractivity contribution < 1.29 is 4.84 Å². The largest absolute Gasteiger partial charge is 0.346 e. The predicted octanol–water partition coefficient (Wildman–Crippen LogP) is 3.97. The number of nitrogens with zero attached hydrogens (tertiary/aromatic N) is 4. The molecule has 29 heavy (non-hydrogen) atoms. The van der Waals surface area contributed by atoms with Gasteiger partial charge in [-0.2, -0.15) is 5.26 Å². The van der Waals surface area contributed by atoms with Crippen molar-refractivity contribution in [3.05, 3.63) is 24.3 Å². The molecular weight excluding hydrogens is 366 g/mol. The third-order valence-electron chi connectivity index (χ3n) is 6.24. The monoisotopic (exact) mass is 391 g/mol. The van der Waals surface area contributed by atoms with Crippen molar-refractivity contribution in [2.24, 2.45) is 11.8 Å². The molecule has 2 saturated carbocycles. The molecule has 3 aromatic heterocycles. The quantitative estimate of drug-likeness (QED) is 0.334. The molecule has 3 N–H and O–H groups in total. The van der Waals surface area contributed by atoms with Crippen LogP contribution < -0.4 is 5.48 Å². The number of nitrogens with one attached hydrogen (secondary N) is 3. The Balaban J connectivity index is 1.46. The van der Waals surface area contributed by atoms with Gasteiger partial charge in [0.05, 0.1) is 17.8 Å². The van der Waals surface area contributed by atoms with E-state index in [0.29, 0.717) is 36.7 Å². The van der Waals surface area contributed by atoms with Crippen LogP contribution in [0.3, 0.4) is 0 Å². The van der Waals surface area contributed by atoms with Crippen LogP contribution in [0.25, 0.3) is 22.1 Å². The molecule has 0 amide bonds. The van der Waals surface area contributed by atoms with E-state index in [9.17, 15) is 0 Å². The highest BCUT2D eigenvalue weighted by Gasteiger charge is 2.28. The Hall–Kier alpha value is -2.92. The van der Waals surface area contributed by atoms with Gasteiger partial charge in [-0.05, 0) is 50.5 Å². The molecule has 150 valence electrons. The van der Waals surface area contributed by atoms with Gasteiger partial charge < -0.3 is 9.55 Å². The molecule has 0 bridgehead atoms. The second-order valence-corrected chi connectivity index (χ2v) is 8.25. The van der Waals surface area contributed by atoms with E-state index in [-0.39, 0.29) is 0 Å². The van der Waals surface area contributed by atoms with E-state index >= 15 is 0 Å². The Morgan fingerprint density at radius 3 is 2.90 bits per heavy atom. The normalized spacial score (nSPS) is 22.0. The number of rotatable bonds is 6. The molecule has 0 radical (unpaired) electrons. The Morgan fingerprint density at radius 1 is 1.31 bits per heavy atom. The molecule has 0 aliphatic heterocycles. The van der Waals surface area contributed by atoms with Crippen LogP contribution in [-0.2, 0) is 11.4 Å². The van der Waals surface area contributed by atoms with Crippen LogP contribution in [-0.4, -0.2) is 25.4 Å². The van der Waals surface area contributed by atoms with Gasteiger partial charge in [0.1, 0.15) is 29.4 Å². The van der Waals surface area contributed by atoms with Crippen LogP contribution in [0.2, 0.25) is 0 Å². The molecule has 0 atom stereocenters. The number of aromatic amines is 1. The third-order valence-corrected chi connectivity index (χ3v) is 6.24. The maximum absolute atomic E-state index is 9.02. The lowest BCUT2D eigenvalue weighted by Gasteiger charge is -2.29. The molecule has 2 aliphatic rings. The molecule has 0 spiro atoms. The van der Waals surface area contributed by atoms with E-state index in [0.717, 1.165) is 66.4 Å². The van der Waals surface area contributed by atoms with Gasteiger partial charge in [-0.25, -0.2) is 9.97 Å². The van der Waals surface area contributed by atoms with Crippen LogP contribution in [0.4, 0.5) is 0 Å². The fourth-order valence-electron chi connectivity index (χ4n) is 4.51. The summed E-state index contributed by atoms with van der Waals surface area (Å²) in [7, 11) is 0. The van der Waals surface area contributed by atoms with Crippen LogP contribution in [0.1, 0.15) is 56.8 Å². The van der Waals surface area contributed by atoms with Crippen molar-refractivity contribution in [2.45, 2.75) is 57.6 Å². The Morgan fingerprint density at radius 2 is 2.14 bits per heavy atom. The molecule has 3 aromatic rings. The lowest BCUT2D eigenvalue weighted by Crippen LogP contribution is -2.26. The first kappa shape index (κ1) is 18.1. The number of H-pyrrole nitrogens is 1. The lowest BCUT2D eigenvalue weighted by molar-refractivity contribution is 0.0607.